The number of carbonyl (C=O) groups is 1. The topological polar surface area (TPSA) is 75.1 Å². The third-order valence-electron chi connectivity index (χ3n) is 4.86. The molecule has 6 heteroatoms. The number of hydrogen-bond acceptors (Lipinski definition) is 5. The summed E-state index contributed by atoms with van der Waals surface area (Å²) in [6.07, 6.45) is 3.08. The summed E-state index contributed by atoms with van der Waals surface area (Å²) in [6.45, 7) is 0. The molecule has 4 rings (SSSR count). The van der Waals surface area contributed by atoms with E-state index in [2.05, 4.69) is 15.3 Å². The smallest absolute Gasteiger partial charge is 0.226 e. The molecule has 27 heavy (non-hydrogen) atoms. The van der Waals surface area contributed by atoms with Crippen LogP contribution >= 0.6 is 11.3 Å². The molecule has 1 aromatic carbocycles. The Labute approximate surface area is 162 Å². The molecule has 1 atom stereocenters. The van der Waals surface area contributed by atoms with Crippen LogP contribution < -0.4 is 5.32 Å². The molecule has 3 aromatic rings. The molecule has 0 bridgehead atoms. The van der Waals surface area contributed by atoms with Gasteiger partial charge in [0.1, 0.15) is 5.01 Å². The van der Waals surface area contributed by atoms with Crippen molar-refractivity contribution in [2.75, 3.05) is 0 Å². The Kier molecular flexibility index (Phi) is 5.27. The molecule has 5 nitrogen and oxygen atoms in total. The summed E-state index contributed by atoms with van der Waals surface area (Å²) in [6, 6.07) is 15.5. The van der Waals surface area contributed by atoms with E-state index < -0.39 is 0 Å². The molecular formula is C21H21N3O2S. The highest BCUT2D eigenvalue weighted by Gasteiger charge is 2.36. The second kappa shape index (κ2) is 7.98. The zero-order valence-corrected chi connectivity index (χ0v) is 15.6. The number of aliphatic hydroxyl groups excluding tert-OH is 1. The maximum absolute atomic E-state index is 12.6. The predicted octanol–water partition coefficient (Wildman–Crippen LogP) is 3.38. The van der Waals surface area contributed by atoms with E-state index in [9.17, 15) is 9.90 Å². The van der Waals surface area contributed by atoms with Crippen LogP contribution in [0.2, 0.25) is 0 Å². The number of aliphatic hydroxyl groups is 1. The summed E-state index contributed by atoms with van der Waals surface area (Å²) in [7, 11) is 0. The number of carbonyl (C=O) groups excluding carboxylic acids is 1. The largest absolute Gasteiger partial charge is 0.393 e. The second-order valence-corrected chi connectivity index (χ2v) is 7.73. The molecule has 2 heterocycles. The molecule has 138 valence electrons. The molecule has 1 fully saturated rings. The third-order valence-corrected chi connectivity index (χ3v) is 5.80. The Morgan fingerprint density at radius 1 is 1.19 bits per heavy atom. The van der Waals surface area contributed by atoms with E-state index in [0.717, 1.165) is 22.0 Å². The van der Waals surface area contributed by atoms with Crippen LogP contribution in [-0.4, -0.2) is 27.1 Å². The van der Waals surface area contributed by atoms with E-state index in [1.165, 1.54) is 0 Å². The lowest BCUT2D eigenvalue weighted by Crippen LogP contribution is -2.42. The normalized spacial score (nSPS) is 19.9. The van der Waals surface area contributed by atoms with Crippen LogP contribution in [0.5, 0.6) is 0 Å². The number of nitrogens with one attached hydrogen (secondary N) is 1. The molecule has 0 aliphatic heterocycles. The molecule has 2 N–H and O–H groups in total. The molecule has 1 saturated carbocycles. The average molecular weight is 379 g/mol. The van der Waals surface area contributed by atoms with Crippen molar-refractivity contribution in [3.63, 3.8) is 0 Å². The number of benzene rings is 1. The first-order chi connectivity index (χ1) is 13.2. The molecular weight excluding hydrogens is 358 g/mol. The molecule has 1 amide bonds. The number of nitrogens with zero attached hydrogens (tertiary/aromatic N) is 2. The van der Waals surface area contributed by atoms with E-state index in [0.29, 0.717) is 12.8 Å². The number of thiazole rings is 1. The van der Waals surface area contributed by atoms with Crippen molar-refractivity contribution < 1.29 is 9.90 Å². The van der Waals surface area contributed by atoms with E-state index in [4.69, 9.17) is 0 Å². The van der Waals surface area contributed by atoms with Crippen molar-refractivity contribution >= 4 is 17.2 Å². The van der Waals surface area contributed by atoms with Gasteiger partial charge in [-0.3, -0.25) is 9.78 Å². The van der Waals surface area contributed by atoms with E-state index in [-0.39, 0.29) is 30.4 Å². The lowest BCUT2D eigenvalue weighted by Gasteiger charge is -2.37. The summed E-state index contributed by atoms with van der Waals surface area (Å²) >= 11 is 1.55. The highest BCUT2D eigenvalue weighted by Crippen LogP contribution is 2.37. The maximum atomic E-state index is 12.6. The monoisotopic (exact) mass is 379 g/mol. The molecule has 0 radical (unpaired) electrons. The van der Waals surface area contributed by atoms with E-state index in [1.54, 1.807) is 17.5 Å². The lowest BCUT2D eigenvalue weighted by molar-refractivity contribution is -0.122. The maximum Gasteiger partial charge on any atom is 0.226 e. The van der Waals surface area contributed by atoms with Crippen LogP contribution in [0.15, 0.2) is 60.1 Å². The highest BCUT2D eigenvalue weighted by atomic mass is 32.1. The molecule has 0 spiro atoms. The second-order valence-electron chi connectivity index (χ2n) is 6.87. The van der Waals surface area contributed by atoms with Gasteiger partial charge in [0, 0.05) is 17.1 Å². The summed E-state index contributed by atoms with van der Waals surface area (Å²) in [5.41, 5.74) is 2.67. The first kappa shape index (κ1) is 17.8. The number of hydrogen-bond donors (Lipinski definition) is 2. The molecule has 0 saturated heterocycles. The zero-order chi connectivity index (χ0) is 18.6. The van der Waals surface area contributed by atoms with Gasteiger partial charge in [-0.25, -0.2) is 4.98 Å². The Balaban J connectivity index is 1.43. The SMILES string of the molecule is O=C(Cc1csc(-c2ccccc2)n1)NC(c1ccccn1)C1CC(O)C1. The van der Waals surface area contributed by atoms with Crippen LogP contribution in [0, 0.1) is 5.92 Å². The fraction of sp³-hybridized carbons (Fsp3) is 0.286. The van der Waals surface area contributed by atoms with Gasteiger partial charge in [0.05, 0.1) is 30.0 Å². The van der Waals surface area contributed by atoms with Gasteiger partial charge in [-0.2, -0.15) is 0 Å². The van der Waals surface area contributed by atoms with E-state index in [1.807, 2.05) is 53.9 Å². The van der Waals surface area contributed by atoms with Gasteiger partial charge < -0.3 is 10.4 Å². The Morgan fingerprint density at radius 2 is 1.96 bits per heavy atom. The highest BCUT2D eigenvalue weighted by molar-refractivity contribution is 7.13. The van der Waals surface area contributed by atoms with Crippen molar-refractivity contribution in [3.05, 3.63) is 71.5 Å². The van der Waals surface area contributed by atoms with Gasteiger partial charge >= 0.3 is 0 Å². The minimum Gasteiger partial charge on any atom is -0.393 e. The van der Waals surface area contributed by atoms with Gasteiger partial charge in [0.2, 0.25) is 5.91 Å². The number of pyridine rings is 1. The standard InChI is InChI=1S/C21H21N3O2S/c25-17-10-15(11-17)20(18-8-4-5-9-22-18)24-19(26)12-16-13-27-21(23-16)14-6-2-1-3-7-14/h1-9,13,15,17,20,25H,10-12H2,(H,24,26). The van der Waals surface area contributed by atoms with Crippen LogP contribution in [-0.2, 0) is 11.2 Å². The molecule has 1 aliphatic rings. The van der Waals surface area contributed by atoms with Gasteiger partial charge in [-0.05, 0) is 30.9 Å². The summed E-state index contributed by atoms with van der Waals surface area (Å²) in [5, 5.41) is 15.6. The minimum atomic E-state index is -0.273. The average Bonchev–Trinajstić information content (AvgIpc) is 3.14. The summed E-state index contributed by atoms with van der Waals surface area (Å²) in [5.74, 6) is 0.145. The fourth-order valence-corrected chi connectivity index (χ4v) is 4.21. The van der Waals surface area contributed by atoms with Gasteiger partial charge in [-0.15, -0.1) is 11.3 Å². The minimum absolute atomic E-state index is 0.0723. The Morgan fingerprint density at radius 3 is 2.67 bits per heavy atom. The summed E-state index contributed by atoms with van der Waals surface area (Å²) < 4.78 is 0. The molecule has 1 aliphatic carbocycles. The Bertz CT molecular complexity index is 892. The van der Waals surface area contributed by atoms with Gasteiger partial charge in [0.15, 0.2) is 0 Å². The van der Waals surface area contributed by atoms with Crippen LogP contribution in [0.1, 0.15) is 30.3 Å². The van der Waals surface area contributed by atoms with Gasteiger partial charge in [0.25, 0.3) is 0 Å². The van der Waals surface area contributed by atoms with Crippen LogP contribution in [0.3, 0.4) is 0 Å². The van der Waals surface area contributed by atoms with Crippen molar-refractivity contribution in [3.8, 4) is 10.6 Å². The number of rotatable bonds is 6. The predicted molar refractivity (Wildman–Crippen MR) is 105 cm³/mol. The summed E-state index contributed by atoms with van der Waals surface area (Å²) in [4.78, 5) is 21.6. The van der Waals surface area contributed by atoms with E-state index >= 15 is 0 Å². The third kappa shape index (κ3) is 4.23. The molecule has 1 unspecified atom stereocenters. The fourth-order valence-electron chi connectivity index (χ4n) is 3.39. The van der Waals surface area contributed by atoms with Crippen molar-refractivity contribution in [1.82, 2.24) is 15.3 Å². The van der Waals surface area contributed by atoms with Crippen molar-refractivity contribution in [2.45, 2.75) is 31.4 Å². The number of aromatic nitrogens is 2. The first-order valence-electron chi connectivity index (χ1n) is 9.07. The van der Waals surface area contributed by atoms with Crippen LogP contribution in [0.25, 0.3) is 10.6 Å². The van der Waals surface area contributed by atoms with Crippen LogP contribution in [0.4, 0.5) is 0 Å². The quantitative estimate of drug-likeness (QED) is 0.689. The van der Waals surface area contributed by atoms with Crippen molar-refractivity contribution in [1.29, 1.82) is 0 Å². The lowest BCUT2D eigenvalue weighted by atomic mass is 9.76. The number of amides is 1. The first-order valence-corrected chi connectivity index (χ1v) is 9.95. The van der Waals surface area contributed by atoms with Gasteiger partial charge in [-0.1, -0.05) is 36.4 Å². The zero-order valence-electron chi connectivity index (χ0n) is 14.8. The van der Waals surface area contributed by atoms with Crippen molar-refractivity contribution in [2.24, 2.45) is 5.92 Å². The Hall–Kier alpha value is -2.57. The molecule has 2 aromatic heterocycles.